The predicted octanol–water partition coefficient (Wildman–Crippen LogP) is 3.35. The normalized spacial score (nSPS) is 16.8. The highest BCUT2D eigenvalue weighted by Gasteiger charge is 2.27. The number of hydrogen-bond donors (Lipinski definition) is 2. The van der Waals surface area contributed by atoms with Crippen LogP contribution in [0.5, 0.6) is 17.2 Å². The van der Waals surface area contributed by atoms with Gasteiger partial charge in [-0.25, -0.2) is 0 Å². The van der Waals surface area contributed by atoms with Crippen molar-refractivity contribution in [3.05, 3.63) is 71.5 Å². The van der Waals surface area contributed by atoms with Gasteiger partial charge in [-0.2, -0.15) is 5.10 Å². The predicted molar refractivity (Wildman–Crippen MR) is 109 cm³/mol. The number of nitrogens with zero attached hydrogens (tertiary/aromatic N) is 3. The summed E-state index contributed by atoms with van der Waals surface area (Å²) in [5.41, 5.74) is 7.76. The van der Waals surface area contributed by atoms with E-state index in [-0.39, 0.29) is 5.75 Å². The van der Waals surface area contributed by atoms with Crippen LogP contribution in [0.2, 0.25) is 0 Å². The lowest BCUT2D eigenvalue weighted by atomic mass is 10.1. The van der Waals surface area contributed by atoms with Crippen LogP contribution in [0.1, 0.15) is 40.5 Å². The van der Waals surface area contributed by atoms with Crippen molar-refractivity contribution in [1.29, 1.82) is 0 Å². The summed E-state index contributed by atoms with van der Waals surface area (Å²) in [6, 6.07) is 14.3. The number of aryl methyl sites for hydroxylation is 1. The molecule has 0 bridgehead atoms. The van der Waals surface area contributed by atoms with Crippen LogP contribution in [0.3, 0.4) is 0 Å². The number of rotatable bonds is 6. The molecule has 1 atom stereocenters. The zero-order valence-electron chi connectivity index (χ0n) is 16.3. The Hall–Kier alpha value is -3.32. The van der Waals surface area contributed by atoms with Crippen LogP contribution >= 0.6 is 0 Å². The molecule has 1 saturated heterocycles. The van der Waals surface area contributed by atoms with Crippen LogP contribution < -0.4 is 10.5 Å². The Kier molecular flexibility index (Phi) is 5.22. The molecule has 150 valence electrons. The monoisotopic (exact) mass is 392 g/mol. The first kappa shape index (κ1) is 19.0. The summed E-state index contributed by atoms with van der Waals surface area (Å²) in [7, 11) is 1.93. The summed E-state index contributed by atoms with van der Waals surface area (Å²) in [6.07, 6.45) is 4.20. The van der Waals surface area contributed by atoms with Crippen LogP contribution in [0.4, 0.5) is 0 Å². The summed E-state index contributed by atoms with van der Waals surface area (Å²) in [5.74, 6) is 0.473. The quantitative estimate of drug-likeness (QED) is 0.671. The summed E-state index contributed by atoms with van der Waals surface area (Å²) < 4.78 is 7.57. The summed E-state index contributed by atoms with van der Waals surface area (Å²) in [6.45, 7) is 1.74. The van der Waals surface area contributed by atoms with Gasteiger partial charge in [0.1, 0.15) is 5.75 Å². The third-order valence-corrected chi connectivity index (χ3v) is 5.21. The molecule has 7 heteroatoms. The minimum atomic E-state index is -0.491. The van der Waals surface area contributed by atoms with Gasteiger partial charge >= 0.3 is 0 Å². The van der Waals surface area contributed by atoms with Crippen LogP contribution in [0.15, 0.2) is 54.7 Å². The number of ether oxygens (including phenoxy) is 1. The van der Waals surface area contributed by atoms with E-state index < -0.39 is 5.91 Å². The van der Waals surface area contributed by atoms with Gasteiger partial charge in [0.15, 0.2) is 11.5 Å². The number of aromatic nitrogens is 2. The molecule has 2 aromatic carbocycles. The van der Waals surface area contributed by atoms with E-state index in [1.54, 1.807) is 36.4 Å². The molecule has 1 amide bonds. The topological polar surface area (TPSA) is 93.6 Å². The molecule has 0 saturated carbocycles. The number of amides is 1. The lowest BCUT2D eigenvalue weighted by Crippen LogP contribution is -2.23. The van der Waals surface area contributed by atoms with Crippen LogP contribution in [-0.4, -0.2) is 32.2 Å². The Morgan fingerprint density at radius 3 is 2.69 bits per heavy atom. The van der Waals surface area contributed by atoms with Gasteiger partial charge in [0.25, 0.3) is 0 Å². The molecule has 0 aliphatic carbocycles. The first-order chi connectivity index (χ1) is 14.0. The molecule has 29 heavy (non-hydrogen) atoms. The molecule has 0 radical (unpaired) electrons. The molecule has 1 fully saturated rings. The fourth-order valence-corrected chi connectivity index (χ4v) is 3.76. The molecule has 3 N–H and O–H groups in total. The molecule has 7 nitrogen and oxygen atoms in total. The summed E-state index contributed by atoms with van der Waals surface area (Å²) in [5, 5.41) is 15.0. The van der Waals surface area contributed by atoms with E-state index in [2.05, 4.69) is 16.1 Å². The molecule has 1 aliphatic rings. The van der Waals surface area contributed by atoms with Crippen molar-refractivity contribution in [2.45, 2.75) is 25.4 Å². The minimum absolute atomic E-state index is 0.0788. The Balaban J connectivity index is 1.45. The lowest BCUT2D eigenvalue weighted by Gasteiger charge is -2.23. The standard InChI is InChI=1S/C22H24N4O3/c1-25-12-10-18(24-25)19-3-2-11-26(19)14-15-4-9-21(20(27)13-15)29-17-7-5-16(6-8-17)22(23)28/h4-10,12-13,19,27H,2-3,11,14H2,1H3,(H2,23,28)/t19-/m0/s1. The fraction of sp³-hybridized carbons (Fsp3) is 0.273. The van der Waals surface area contributed by atoms with Gasteiger partial charge in [-0.05, 0) is 67.4 Å². The van der Waals surface area contributed by atoms with Gasteiger partial charge in [-0.15, -0.1) is 0 Å². The number of carbonyl (C=O) groups excluding carboxylic acids is 1. The maximum Gasteiger partial charge on any atom is 0.248 e. The van der Waals surface area contributed by atoms with Crippen LogP contribution in [0, 0.1) is 0 Å². The zero-order valence-corrected chi connectivity index (χ0v) is 16.3. The molecular formula is C22H24N4O3. The summed E-state index contributed by atoms with van der Waals surface area (Å²) >= 11 is 0. The molecule has 4 rings (SSSR count). The Morgan fingerprint density at radius 2 is 2.03 bits per heavy atom. The Labute approximate surface area is 169 Å². The van der Waals surface area contributed by atoms with Crippen molar-refractivity contribution in [2.75, 3.05) is 6.54 Å². The zero-order chi connectivity index (χ0) is 20.4. The van der Waals surface area contributed by atoms with E-state index >= 15 is 0 Å². The second-order valence-corrected chi connectivity index (χ2v) is 7.34. The van der Waals surface area contributed by atoms with E-state index in [9.17, 15) is 9.90 Å². The van der Waals surface area contributed by atoms with E-state index in [1.807, 2.05) is 24.0 Å². The second kappa shape index (κ2) is 7.97. The van der Waals surface area contributed by atoms with Crippen molar-refractivity contribution in [3.8, 4) is 17.2 Å². The van der Waals surface area contributed by atoms with Gasteiger partial charge in [0.2, 0.25) is 5.91 Å². The molecule has 3 aromatic rings. The largest absolute Gasteiger partial charge is 0.504 e. The van der Waals surface area contributed by atoms with Crippen molar-refractivity contribution in [3.63, 3.8) is 0 Å². The Morgan fingerprint density at radius 1 is 1.24 bits per heavy atom. The first-order valence-electron chi connectivity index (χ1n) is 9.63. The van der Waals surface area contributed by atoms with Crippen molar-refractivity contribution >= 4 is 5.91 Å². The molecule has 0 spiro atoms. The molecule has 1 aromatic heterocycles. The van der Waals surface area contributed by atoms with E-state index in [0.29, 0.717) is 23.1 Å². The minimum Gasteiger partial charge on any atom is -0.504 e. The number of nitrogens with two attached hydrogens (primary N) is 1. The van der Waals surface area contributed by atoms with Crippen LogP contribution in [-0.2, 0) is 13.6 Å². The number of carbonyl (C=O) groups is 1. The molecule has 0 unspecified atom stereocenters. The first-order valence-corrected chi connectivity index (χ1v) is 9.63. The molecule has 2 heterocycles. The van der Waals surface area contributed by atoms with Crippen molar-refractivity contribution < 1.29 is 14.6 Å². The number of benzene rings is 2. The van der Waals surface area contributed by atoms with Crippen molar-refractivity contribution in [1.82, 2.24) is 14.7 Å². The third-order valence-electron chi connectivity index (χ3n) is 5.21. The van der Waals surface area contributed by atoms with Gasteiger partial charge in [-0.1, -0.05) is 6.07 Å². The van der Waals surface area contributed by atoms with E-state index in [0.717, 1.165) is 37.2 Å². The van der Waals surface area contributed by atoms with E-state index in [4.69, 9.17) is 10.5 Å². The number of primary amides is 1. The lowest BCUT2D eigenvalue weighted by molar-refractivity contribution is 0.100. The maximum absolute atomic E-state index is 11.2. The maximum atomic E-state index is 11.2. The van der Waals surface area contributed by atoms with Gasteiger partial charge in [0, 0.05) is 25.4 Å². The highest BCUT2D eigenvalue weighted by Crippen LogP contribution is 2.35. The smallest absolute Gasteiger partial charge is 0.248 e. The van der Waals surface area contributed by atoms with Crippen LogP contribution in [0.25, 0.3) is 0 Å². The molecular weight excluding hydrogens is 368 g/mol. The number of phenols is 1. The van der Waals surface area contributed by atoms with Gasteiger partial charge in [0.05, 0.1) is 11.7 Å². The SMILES string of the molecule is Cn1ccc([C@@H]2CCCN2Cc2ccc(Oc3ccc(C(N)=O)cc3)c(O)c2)n1. The number of aromatic hydroxyl groups is 1. The Bertz CT molecular complexity index is 1010. The van der Waals surface area contributed by atoms with E-state index in [1.165, 1.54) is 0 Å². The fourth-order valence-electron chi connectivity index (χ4n) is 3.76. The average Bonchev–Trinajstić information content (AvgIpc) is 3.33. The number of phenolic OH excluding ortho intramolecular Hbond substituents is 1. The van der Waals surface area contributed by atoms with Gasteiger partial charge < -0.3 is 15.6 Å². The average molecular weight is 392 g/mol. The van der Waals surface area contributed by atoms with Crippen molar-refractivity contribution in [2.24, 2.45) is 12.8 Å². The second-order valence-electron chi connectivity index (χ2n) is 7.34. The highest BCUT2D eigenvalue weighted by molar-refractivity contribution is 5.92. The number of likely N-dealkylation sites (tertiary alicyclic amines) is 1. The molecule has 1 aliphatic heterocycles. The number of hydrogen-bond acceptors (Lipinski definition) is 5. The highest BCUT2D eigenvalue weighted by atomic mass is 16.5. The van der Waals surface area contributed by atoms with Gasteiger partial charge in [-0.3, -0.25) is 14.4 Å². The summed E-state index contributed by atoms with van der Waals surface area (Å²) in [4.78, 5) is 13.5. The third kappa shape index (κ3) is 4.25.